The van der Waals surface area contributed by atoms with Crippen molar-refractivity contribution in [3.8, 4) is 6.07 Å². The van der Waals surface area contributed by atoms with E-state index in [1.165, 1.54) is 38.3 Å². The van der Waals surface area contributed by atoms with Crippen molar-refractivity contribution in [2.24, 2.45) is 0 Å². The van der Waals surface area contributed by atoms with Gasteiger partial charge in [-0.1, -0.05) is 0 Å². The maximum atomic E-state index is 12.8. The fraction of sp³-hybridized carbons (Fsp3) is 0.360. The van der Waals surface area contributed by atoms with E-state index in [0.29, 0.717) is 47.4 Å². The van der Waals surface area contributed by atoms with Gasteiger partial charge < -0.3 is 20.2 Å². The first kappa shape index (κ1) is 22.7. The minimum absolute atomic E-state index is 0.190. The molecular formula is C25H27N7O3. The quantitative estimate of drug-likeness (QED) is 0.516. The molecule has 180 valence electrons. The van der Waals surface area contributed by atoms with Gasteiger partial charge in [-0.05, 0) is 63.0 Å². The lowest BCUT2D eigenvalue weighted by Gasteiger charge is -2.36. The lowest BCUT2D eigenvalue weighted by Crippen LogP contribution is -2.47. The molecule has 3 N–H and O–H groups in total. The van der Waals surface area contributed by atoms with Crippen molar-refractivity contribution < 1.29 is 14.7 Å². The van der Waals surface area contributed by atoms with Crippen molar-refractivity contribution in [3.63, 3.8) is 0 Å². The van der Waals surface area contributed by atoms with Crippen LogP contribution in [0.5, 0.6) is 0 Å². The number of nitrogens with one attached hydrogen (secondary N) is 2. The van der Waals surface area contributed by atoms with Crippen molar-refractivity contribution in [2.45, 2.75) is 31.7 Å². The second-order valence-electron chi connectivity index (χ2n) is 8.99. The van der Waals surface area contributed by atoms with Gasteiger partial charge in [0.05, 0.1) is 16.8 Å². The minimum Gasteiger partial charge on any atom is -0.464 e. The van der Waals surface area contributed by atoms with E-state index in [1.807, 2.05) is 4.90 Å². The average Bonchev–Trinajstić information content (AvgIpc) is 3.55. The Bertz CT molecular complexity index is 1300. The van der Waals surface area contributed by atoms with E-state index < -0.39 is 6.09 Å². The number of aromatic nitrogens is 2. The SMILES string of the molecule is N#Cc1cnc(NC(=O)N2CCC(N3CCCC3)CC2)cc1Nc1ccc2c(ccn2C(=O)O)c1. The zero-order valence-corrected chi connectivity index (χ0v) is 19.3. The monoisotopic (exact) mass is 473 g/mol. The molecule has 2 saturated heterocycles. The van der Waals surface area contributed by atoms with Crippen molar-refractivity contribution in [1.82, 2.24) is 19.4 Å². The zero-order chi connectivity index (χ0) is 24.4. The predicted molar refractivity (Wildman–Crippen MR) is 132 cm³/mol. The summed E-state index contributed by atoms with van der Waals surface area (Å²) >= 11 is 0. The van der Waals surface area contributed by atoms with Gasteiger partial charge in [0.2, 0.25) is 0 Å². The Hall–Kier alpha value is -4.10. The Labute approximate surface area is 202 Å². The Balaban J connectivity index is 1.26. The van der Waals surface area contributed by atoms with Gasteiger partial charge in [0.1, 0.15) is 11.9 Å². The number of carbonyl (C=O) groups is 2. The summed E-state index contributed by atoms with van der Waals surface area (Å²) < 4.78 is 1.15. The summed E-state index contributed by atoms with van der Waals surface area (Å²) in [7, 11) is 0. The average molecular weight is 474 g/mol. The van der Waals surface area contributed by atoms with Crippen LogP contribution in [0.3, 0.4) is 0 Å². The number of hydrogen-bond donors (Lipinski definition) is 3. The van der Waals surface area contributed by atoms with E-state index in [2.05, 4.69) is 26.6 Å². The Kier molecular flexibility index (Phi) is 6.25. The van der Waals surface area contributed by atoms with Gasteiger partial charge in [-0.25, -0.2) is 14.6 Å². The van der Waals surface area contributed by atoms with Gasteiger partial charge in [-0.2, -0.15) is 5.26 Å². The van der Waals surface area contributed by atoms with Crippen molar-refractivity contribution in [2.75, 3.05) is 36.8 Å². The second-order valence-corrected chi connectivity index (χ2v) is 8.99. The van der Waals surface area contributed by atoms with E-state index in [9.17, 15) is 20.0 Å². The van der Waals surface area contributed by atoms with Crippen molar-refractivity contribution in [1.29, 1.82) is 5.26 Å². The Morgan fingerprint density at radius 2 is 1.86 bits per heavy atom. The molecule has 35 heavy (non-hydrogen) atoms. The van der Waals surface area contributed by atoms with Crippen molar-refractivity contribution >= 4 is 40.2 Å². The Morgan fingerprint density at radius 3 is 2.57 bits per heavy atom. The highest BCUT2D eigenvalue weighted by Gasteiger charge is 2.28. The molecule has 2 fully saturated rings. The maximum Gasteiger partial charge on any atom is 0.415 e. The lowest BCUT2D eigenvalue weighted by atomic mass is 10.0. The molecule has 10 heteroatoms. The number of pyridine rings is 1. The minimum atomic E-state index is -1.05. The van der Waals surface area contributed by atoms with Crippen LogP contribution in [-0.2, 0) is 0 Å². The number of carboxylic acid groups (broad SMARTS) is 1. The number of nitriles is 1. The molecule has 0 spiro atoms. The number of fused-ring (bicyclic) bond motifs is 1. The van der Waals surface area contributed by atoms with Crippen LogP contribution in [0, 0.1) is 11.3 Å². The van der Waals surface area contributed by atoms with E-state index in [-0.39, 0.29) is 6.03 Å². The van der Waals surface area contributed by atoms with Crippen LogP contribution in [0.2, 0.25) is 0 Å². The number of piperidine rings is 1. The van der Waals surface area contributed by atoms with E-state index in [0.717, 1.165) is 22.8 Å². The van der Waals surface area contributed by atoms with Gasteiger partial charge in [-0.15, -0.1) is 0 Å². The number of likely N-dealkylation sites (tertiary alicyclic amines) is 2. The van der Waals surface area contributed by atoms with Crippen LogP contribution in [0.15, 0.2) is 42.7 Å². The van der Waals surface area contributed by atoms with Gasteiger partial charge in [0, 0.05) is 48.7 Å². The molecule has 0 aliphatic carbocycles. The van der Waals surface area contributed by atoms with Gasteiger partial charge in [0.25, 0.3) is 0 Å². The van der Waals surface area contributed by atoms with E-state index in [1.54, 1.807) is 30.3 Å². The molecule has 3 aromatic rings. The molecule has 0 bridgehead atoms. The molecule has 4 heterocycles. The number of nitrogens with zero attached hydrogens (tertiary/aromatic N) is 5. The first-order chi connectivity index (χ1) is 17.0. The van der Waals surface area contributed by atoms with Crippen LogP contribution < -0.4 is 10.6 Å². The molecule has 2 aromatic heterocycles. The fourth-order valence-corrected chi connectivity index (χ4v) is 4.99. The first-order valence-electron chi connectivity index (χ1n) is 11.8. The molecule has 10 nitrogen and oxygen atoms in total. The molecule has 0 unspecified atom stereocenters. The molecule has 5 rings (SSSR count). The topological polar surface area (TPSA) is 127 Å². The summed E-state index contributed by atoms with van der Waals surface area (Å²) in [5.41, 5.74) is 2.09. The number of anilines is 3. The smallest absolute Gasteiger partial charge is 0.415 e. The number of carbonyl (C=O) groups excluding carboxylic acids is 1. The molecule has 0 saturated carbocycles. The third-order valence-electron chi connectivity index (χ3n) is 6.84. The summed E-state index contributed by atoms with van der Waals surface area (Å²) in [5, 5.41) is 25.6. The zero-order valence-electron chi connectivity index (χ0n) is 19.3. The molecule has 0 atom stereocenters. The highest BCUT2D eigenvalue weighted by Crippen LogP contribution is 2.27. The third-order valence-corrected chi connectivity index (χ3v) is 6.84. The third kappa shape index (κ3) is 4.76. The predicted octanol–water partition coefficient (Wildman–Crippen LogP) is 4.27. The fourth-order valence-electron chi connectivity index (χ4n) is 4.99. The molecule has 2 aliphatic rings. The standard InChI is InChI=1S/C25H27N7O3/c26-15-18-16-27-23(29-24(33)31-10-6-20(7-11-31)30-8-1-2-9-30)14-21(18)28-19-3-4-22-17(13-19)5-12-32(22)25(34)35/h3-5,12-14,16,20H,1-2,6-11H2,(H,34,35)(H2,27,28,29,33). The highest BCUT2D eigenvalue weighted by atomic mass is 16.4. The molecule has 0 radical (unpaired) electrons. The number of urea groups is 1. The van der Waals surface area contributed by atoms with Gasteiger partial charge in [0.15, 0.2) is 0 Å². The van der Waals surface area contributed by atoms with Crippen molar-refractivity contribution in [3.05, 3.63) is 48.3 Å². The summed E-state index contributed by atoms with van der Waals surface area (Å²) in [5.74, 6) is 0.358. The summed E-state index contributed by atoms with van der Waals surface area (Å²) in [4.78, 5) is 32.8. The first-order valence-corrected chi connectivity index (χ1v) is 11.8. The van der Waals surface area contributed by atoms with Gasteiger partial charge in [-0.3, -0.25) is 9.88 Å². The number of amides is 2. The molecule has 2 amide bonds. The number of benzene rings is 1. The molecule has 2 aliphatic heterocycles. The van der Waals surface area contributed by atoms with E-state index >= 15 is 0 Å². The second kappa shape index (κ2) is 9.64. The lowest BCUT2D eigenvalue weighted by molar-refractivity contribution is 0.140. The summed E-state index contributed by atoms with van der Waals surface area (Å²) in [6.07, 6.45) is 6.36. The van der Waals surface area contributed by atoms with Gasteiger partial charge >= 0.3 is 12.1 Å². The number of rotatable bonds is 4. The van der Waals surface area contributed by atoms with Crippen LogP contribution in [0.25, 0.3) is 10.9 Å². The van der Waals surface area contributed by atoms with Crippen LogP contribution in [0.4, 0.5) is 26.8 Å². The van der Waals surface area contributed by atoms with Crippen LogP contribution >= 0.6 is 0 Å². The van der Waals surface area contributed by atoms with Crippen LogP contribution in [0.1, 0.15) is 31.2 Å². The summed E-state index contributed by atoms with van der Waals surface area (Å²) in [6.45, 7) is 3.76. The molecule has 1 aromatic carbocycles. The largest absolute Gasteiger partial charge is 0.464 e. The number of hydrogen-bond acceptors (Lipinski definition) is 6. The molecular weight excluding hydrogens is 446 g/mol. The normalized spacial score (nSPS) is 16.8. The van der Waals surface area contributed by atoms with E-state index in [4.69, 9.17) is 0 Å². The maximum absolute atomic E-state index is 12.8. The highest BCUT2D eigenvalue weighted by molar-refractivity contribution is 5.92. The Morgan fingerprint density at radius 1 is 1.09 bits per heavy atom. The van der Waals surface area contributed by atoms with Crippen LogP contribution in [-0.4, -0.2) is 68.8 Å². The summed E-state index contributed by atoms with van der Waals surface area (Å²) in [6, 6.07) is 11.1.